The van der Waals surface area contributed by atoms with Crippen LogP contribution in [0.15, 0.2) is 24.3 Å². The predicted molar refractivity (Wildman–Crippen MR) is 48.7 cm³/mol. The van der Waals surface area contributed by atoms with Crippen molar-refractivity contribution in [3.05, 3.63) is 35.0 Å². The van der Waals surface area contributed by atoms with Crippen molar-refractivity contribution in [1.82, 2.24) is 4.98 Å². The van der Waals surface area contributed by atoms with Crippen LogP contribution in [-0.2, 0) is 0 Å². The van der Waals surface area contributed by atoms with Crippen LogP contribution in [0.1, 0.15) is 10.5 Å². The Labute approximate surface area is 74.2 Å². The van der Waals surface area contributed by atoms with Gasteiger partial charge < -0.3 is 4.98 Å². The number of H-pyrrole nitrogens is 1. The van der Waals surface area contributed by atoms with Crippen molar-refractivity contribution in [2.75, 3.05) is 0 Å². The SMILES string of the molecule is O=Cc1cc2c(Cl)cccc2[nH]1. The summed E-state index contributed by atoms with van der Waals surface area (Å²) in [7, 11) is 0. The number of carbonyl (C=O) groups excluding carboxylic acids is 1. The van der Waals surface area contributed by atoms with Crippen molar-refractivity contribution in [1.29, 1.82) is 0 Å². The molecule has 1 aromatic heterocycles. The third kappa shape index (κ3) is 1.01. The maximum atomic E-state index is 10.4. The van der Waals surface area contributed by atoms with Crippen LogP contribution >= 0.6 is 11.6 Å². The number of aldehydes is 1. The Morgan fingerprint density at radius 1 is 1.42 bits per heavy atom. The largest absolute Gasteiger partial charge is 0.352 e. The first-order valence-corrected chi connectivity index (χ1v) is 3.91. The molecule has 12 heavy (non-hydrogen) atoms. The molecule has 0 atom stereocenters. The van der Waals surface area contributed by atoms with E-state index in [4.69, 9.17) is 11.6 Å². The average Bonchev–Trinajstić information content (AvgIpc) is 2.49. The fourth-order valence-corrected chi connectivity index (χ4v) is 1.43. The molecule has 1 heterocycles. The highest BCUT2D eigenvalue weighted by molar-refractivity contribution is 6.35. The Morgan fingerprint density at radius 2 is 2.25 bits per heavy atom. The summed E-state index contributed by atoms with van der Waals surface area (Å²) in [5.41, 5.74) is 1.45. The minimum absolute atomic E-state index is 0.554. The lowest BCUT2D eigenvalue weighted by Gasteiger charge is -1.89. The second-order valence-electron chi connectivity index (χ2n) is 2.54. The van der Waals surface area contributed by atoms with Crippen molar-refractivity contribution in [3.63, 3.8) is 0 Å². The molecular weight excluding hydrogens is 174 g/mol. The number of rotatable bonds is 1. The van der Waals surface area contributed by atoms with Gasteiger partial charge in [0.25, 0.3) is 0 Å². The van der Waals surface area contributed by atoms with E-state index in [0.29, 0.717) is 10.7 Å². The predicted octanol–water partition coefficient (Wildman–Crippen LogP) is 2.63. The van der Waals surface area contributed by atoms with Crippen LogP contribution in [0.4, 0.5) is 0 Å². The van der Waals surface area contributed by atoms with Gasteiger partial charge >= 0.3 is 0 Å². The normalized spacial score (nSPS) is 10.4. The highest BCUT2D eigenvalue weighted by Crippen LogP contribution is 2.23. The van der Waals surface area contributed by atoms with Gasteiger partial charge in [0, 0.05) is 15.9 Å². The Bertz CT molecular complexity index is 433. The summed E-state index contributed by atoms with van der Waals surface area (Å²) in [6.07, 6.45) is 0.774. The zero-order chi connectivity index (χ0) is 8.55. The molecule has 0 spiro atoms. The number of fused-ring (bicyclic) bond motifs is 1. The molecule has 1 N–H and O–H groups in total. The van der Waals surface area contributed by atoms with Crippen molar-refractivity contribution in [2.45, 2.75) is 0 Å². The summed E-state index contributed by atoms with van der Waals surface area (Å²) < 4.78 is 0. The lowest BCUT2D eigenvalue weighted by atomic mass is 10.2. The molecule has 0 radical (unpaired) electrons. The average molecular weight is 180 g/mol. The second-order valence-corrected chi connectivity index (χ2v) is 2.95. The number of nitrogens with one attached hydrogen (secondary N) is 1. The fraction of sp³-hybridized carbons (Fsp3) is 0. The van der Waals surface area contributed by atoms with Crippen LogP contribution in [0.3, 0.4) is 0 Å². The monoisotopic (exact) mass is 179 g/mol. The number of aromatic amines is 1. The van der Waals surface area contributed by atoms with E-state index in [9.17, 15) is 4.79 Å². The summed E-state index contributed by atoms with van der Waals surface area (Å²) in [6, 6.07) is 7.26. The minimum Gasteiger partial charge on any atom is -0.352 e. The van der Waals surface area contributed by atoms with Crippen molar-refractivity contribution < 1.29 is 4.79 Å². The fourth-order valence-electron chi connectivity index (χ4n) is 1.20. The van der Waals surface area contributed by atoms with Gasteiger partial charge in [0.05, 0.1) is 5.69 Å². The van der Waals surface area contributed by atoms with Gasteiger partial charge in [-0.05, 0) is 18.2 Å². The Balaban J connectivity index is 2.82. The third-order valence-electron chi connectivity index (χ3n) is 1.76. The van der Waals surface area contributed by atoms with E-state index in [1.165, 1.54) is 0 Å². The first-order valence-electron chi connectivity index (χ1n) is 3.53. The van der Waals surface area contributed by atoms with Crippen molar-refractivity contribution in [3.8, 4) is 0 Å². The molecule has 0 amide bonds. The zero-order valence-corrected chi connectivity index (χ0v) is 6.93. The number of hydrogen-bond donors (Lipinski definition) is 1. The summed E-state index contributed by atoms with van der Waals surface area (Å²) in [5.74, 6) is 0. The molecule has 0 fully saturated rings. The van der Waals surface area contributed by atoms with Crippen LogP contribution in [0.5, 0.6) is 0 Å². The van der Waals surface area contributed by atoms with E-state index in [2.05, 4.69) is 4.98 Å². The zero-order valence-electron chi connectivity index (χ0n) is 6.17. The molecule has 0 aliphatic carbocycles. The van der Waals surface area contributed by atoms with Crippen LogP contribution in [0, 0.1) is 0 Å². The van der Waals surface area contributed by atoms with Gasteiger partial charge in [-0.3, -0.25) is 4.79 Å². The molecule has 0 aliphatic heterocycles. The molecule has 60 valence electrons. The lowest BCUT2D eigenvalue weighted by Crippen LogP contribution is -1.74. The van der Waals surface area contributed by atoms with Gasteiger partial charge in [0.1, 0.15) is 0 Å². The Morgan fingerprint density at radius 3 is 2.92 bits per heavy atom. The van der Waals surface area contributed by atoms with Crippen molar-refractivity contribution in [2.24, 2.45) is 0 Å². The maximum absolute atomic E-state index is 10.4. The molecule has 0 unspecified atom stereocenters. The molecular formula is C9H6ClNO. The molecule has 0 saturated carbocycles. The molecule has 3 heteroatoms. The summed E-state index contributed by atoms with van der Waals surface area (Å²) in [4.78, 5) is 13.3. The highest BCUT2D eigenvalue weighted by Gasteiger charge is 2.01. The van der Waals surface area contributed by atoms with Crippen LogP contribution in [-0.4, -0.2) is 11.3 Å². The van der Waals surface area contributed by atoms with Gasteiger partial charge in [0.2, 0.25) is 0 Å². The summed E-state index contributed by atoms with van der Waals surface area (Å²) in [6.45, 7) is 0. The molecule has 2 aromatic rings. The molecule has 1 aromatic carbocycles. The number of carbonyl (C=O) groups is 1. The molecule has 0 aliphatic rings. The summed E-state index contributed by atoms with van der Waals surface area (Å²) >= 11 is 5.89. The first-order chi connectivity index (χ1) is 5.81. The van der Waals surface area contributed by atoms with E-state index in [-0.39, 0.29) is 0 Å². The number of hydrogen-bond acceptors (Lipinski definition) is 1. The molecule has 2 rings (SSSR count). The third-order valence-corrected chi connectivity index (χ3v) is 2.09. The standard InChI is InChI=1S/C9H6ClNO/c10-8-2-1-3-9-7(8)4-6(5-12)11-9/h1-5,11H. The van der Waals surface area contributed by atoms with Gasteiger partial charge in [-0.2, -0.15) is 0 Å². The molecule has 0 bridgehead atoms. The van der Waals surface area contributed by atoms with Crippen LogP contribution < -0.4 is 0 Å². The van der Waals surface area contributed by atoms with Gasteiger partial charge in [0.15, 0.2) is 6.29 Å². The maximum Gasteiger partial charge on any atom is 0.166 e. The van der Waals surface area contributed by atoms with Gasteiger partial charge in [-0.15, -0.1) is 0 Å². The highest BCUT2D eigenvalue weighted by atomic mass is 35.5. The number of aromatic nitrogens is 1. The van der Waals surface area contributed by atoms with E-state index in [1.54, 1.807) is 12.1 Å². The quantitative estimate of drug-likeness (QED) is 0.671. The van der Waals surface area contributed by atoms with Crippen LogP contribution in [0.25, 0.3) is 10.9 Å². The lowest BCUT2D eigenvalue weighted by molar-refractivity contribution is 0.112. The molecule has 2 nitrogen and oxygen atoms in total. The summed E-state index contributed by atoms with van der Waals surface area (Å²) in [5, 5.41) is 1.55. The number of halogens is 1. The van der Waals surface area contributed by atoms with Gasteiger partial charge in [-0.25, -0.2) is 0 Å². The minimum atomic E-state index is 0.554. The van der Waals surface area contributed by atoms with Crippen LogP contribution in [0.2, 0.25) is 5.02 Å². The van der Waals surface area contributed by atoms with Crippen molar-refractivity contribution >= 4 is 28.8 Å². The topological polar surface area (TPSA) is 32.9 Å². The van der Waals surface area contributed by atoms with E-state index >= 15 is 0 Å². The number of benzene rings is 1. The first kappa shape index (κ1) is 7.37. The van der Waals surface area contributed by atoms with Gasteiger partial charge in [-0.1, -0.05) is 17.7 Å². The molecule has 0 saturated heterocycles. The Kier molecular flexibility index (Phi) is 1.62. The van der Waals surface area contributed by atoms with E-state index in [1.807, 2.05) is 12.1 Å². The Hall–Kier alpha value is -1.28. The smallest absolute Gasteiger partial charge is 0.166 e. The van der Waals surface area contributed by atoms with E-state index in [0.717, 1.165) is 17.2 Å². The second kappa shape index (κ2) is 2.64. The van der Waals surface area contributed by atoms with E-state index < -0.39 is 0 Å².